The maximum atomic E-state index is 11.6. The Kier molecular flexibility index (Phi) is 3.85. The highest BCUT2D eigenvalue weighted by Crippen LogP contribution is 2.30. The fourth-order valence-corrected chi connectivity index (χ4v) is 2.39. The molecule has 0 bridgehead atoms. The summed E-state index contributed by atoms with van der Waals surface area (Å²) >= 11 is 0. The third-order valence-electron chi connectivity index (χ3n) is 3.25. The summed E-state index contributed by atoms with van der Waals surface area (Å²) in [6.07, 6.45) is -0.135. The van der Waals surface area contributed by atoms with E-state index in [-0.39, 0.29) is 24.3 Å². The van der Waals surface area contributed by atoms with Gasteiger partial charge in [0, 0.05) is 6.04 Å². The maximum absolute atomic E-state index is 11.6. The quantitative estimate of drug-likeness (QED) is 0.728. The summed E-state index contributed by atoms with van der Waals surface area (Å²) in [5.41, 5.74) is 2.40. The average molecular weight is 261 g/mol. The molecule has 5 heteroatoms. The second-order valence-electron chi connectivity index (χ2n) is 5.09. The van der Waals surface area contributed by atoms with E-state index in [4.69, 9.17) is 0 Å². The highest BCUT2D eigenvalue weighted by molar-refractivity contribution is 6.13. The molecule has 1 aromatic rings. The molecule has 1 atom stereocenters. The lowest BCUT2D eigenvalue weighted by Crippen LogP contribution is -2.22. The Morgan fingerprint density at radius 3 is 2.32 bits per heavy atom. The van der Waals surface area contributed by atoms with Gasteiger partial charge in [-0.2, -0.15) is 0 Å². The molecular weight excluding hydrogens is 242 g/mol. The second kappa shape index (κ2) is 5.40. The lowest BCUT2D eigenvalue weighted by Gasteiger charge is -2.22. The van der Waals surface area contributed by atoms with Crippen molar-refractivity contribution in [1.29, 1.82) is 0 Å². The summed E-state index contributed by atoms with van der Waals surface area (Å²) in [7, 11) is 1.91. The van der Waals surface area contributed by atoms with Gasteiger partial charge in [0.2, 0.25) is 11.8 Å². The van der Waals surface area contributed by atoms with Crippen molar-refractivity contribution in [2.75, 3.05) is 17.7 Å². The number of hydrogen-bond acceptors (Lipinski definition) is 3. The number of fused-ring (bicyclic) bond motifs is 1. The first-order chi connectivity index (χ1) is 9.01. The van der Waals surface area contributed by atoms with Crippen molar-refractivity contribution in [3.8, 4) is 0 Å². The van der Waals surface area contributed by atoms with Gasteiger partial charge in [0.25, 0.3) is 0 Å². The van der Waals surface area contributed by atoms with Crippen molar-refractivity contribution in [2.45, 2.75) is 26.3 Å². The van der Waals surface area contributed by atoms with E-state index in [0.717, 1.165) is 5.56 Å². The first-order valence-electron chi connectivity index (χ1n) is 6.42. The predicted octanol–water partition coefficient (Wildman–Crippen LogP) is 1.88. The van der Waals surface area contributed by atoms with Gasteiger partial charge in [0.1, 0.15) is 6.42 Å². The standard InChI is InChI=1S/C14H19N3O2/c1-8(2)14(15-3)9-4-5-10-11(6-9)17-13(19)7-12(18)16-10/h4-6,8,14-15H,7H2,1-3H3,(H,16,18)(H,17,19). The Hall–Kier alpha value is -1.88. The minimum Gasteiger partial charge on any atom is -0.324 e. The fourth-order valence-electron chi connectivity index (χ4n) is 2.39. The van der Waals surface area contributed by atoms with E-state index in [2.05, 4.69) is 29.8 Å². The number of rotatable bonds is 3. The second-order valence-corrected chi connectivity index (χ2v) is 5.09. The normalized spacial score (nSPS) is 16.4. The number of nitrogens with one attached hydrogen (secondary N) is 3. The first-order valence-corrected chi connectivity index (χ1v) is 6.42. The van der Waals surface area contributed by atoms with Gasteiger partial charge in [-0.25, -0.2) is 0 Å². The maximum Gasteiger partial charge on any atom is 0.233 e. The average Bonchev–Trinajstić information content (AvgIpc) is 2.45. The minimum atomic E-state index is -0.280. The van der Waals surface area contributed by atoms with Gasteiger partial charge in [-0.15, -0.1) is 0 Å². The van der Waals surface area contributed by atoms with Crippen LogP contribution in [0.4, 0.5) is 11.4 Å². The molecule has 0 aromatic heterocycles. The molecule has 0 aliphatic carbocycles. The molecular formula is C14H19N3O2. The molecule has 5 nitrogen and oxygen atoms in total. The van der Waals surface area contributed by atoms with Crippen LogP contribution in [0, 0.1) is 5.92 Å². The van der Waals surface area contributed by atoms with Crippen LogP contribution in [-0.4, -0.2) is 18.9 Å². The molecule has 0 saturated heterocycles. The molecule has 1 aliphatic rings. The third-order valence-corrected chi connectivity index (χ3v) is 3.25. The SMILES string of the molecule is CNC(c1ccc2c(c1)NC(=O)CC(=O)N2)C(C)C. The Morgan fingerprint density at radius 2 is 1.74 bits per heavy atom. The summed E-state index contributed by atoms with van der Waals surface area (Å²) in [5.74, 6) is -0.129. The van der Waals surface area contributed by atoms with E-state index in [1.54, 1.807) is 0 Å². The van der Waals surface area contributed by atoms with Gasteiger partial charge in [-0.1, -0.05) is 19.9 Å². The number of carbonyl (C=O) groups excluding carboxylic acids is 2. The van der Waals surface area contributed by atoms with Crippen LogP contribution < -0.4 is 16.0 Å². The molecule has 1 aromatic carbocycles. The third kappa shape index (κ3) is 2.93. The molecule has 0 spiro atoms. The number of amides is 2. The number of carbonyl (C=O) groups is 2. The Labute approximate surface area is 112 Å². The fraction of sp³-hybridized carbons (Fsp3) is 0.429. The summed E-state index contributed by atoms with van der Waals surface area (Å²) in [5, 5.41) is 8.74. The smallest absolute Gasteiger partial charge is 0.233 e. The van der Waals surface area contributed by atoms with Crippen molar-refractivity contribution < 1.29 is 9.59 Å². The van der Waals surface area contributed by atoms with E-state index < -0.39 is 0 Å². The van der Waals surface area contributed by atoms with E-state index in [0.29, 0.717) is 17.3 Å². The van der Waals surface area contributed by atoms with Crippen LogP contribution in [0.5, 0.6) is 0 Å². The monoisotopic (exact) mass is 261 g/mol. The van der Waals surface area contributed by atoms with Gasteiger partial charge in [-0.3, -0.25) is 9.59 Å². The molecule has 2 amide bonds. The van der Waals surface area contributed by atoms with Crippen molar-refractivity contribution >= 4 is 23.2 Å². The summed E-state index contributed by atoms with van der Waals surface area (Å²) < 4.78 is 0. The van der Waals surface area contributed by atoms with Crippen molar-refractivity contribution in [3.05, 3.63) is 23.8 Å². The summed E-state index contributed by atoms with van der Waals surface area (Å²) in [4.78, 5) is 23.0. The van der Waals surface area contributed by atoms with E-state index in [9.17, 15) is 9.59 Å². The van der Waals surface area contributed by atoms with Crippen LogP contribution in [0.1, 0.15) is 31.9 Å². The first kappa shape index (κ1) is 13.5. The topological polar surface area (TPSA) is 70.2 Å². The van der Waals surface area contributed by atoms with Crippen LogP contribution in [0.15, 0.2) is 18.2 Å². The van der Waals surface area contributed by atoms with E-state index >= 15 is 0 Å². The Bertz CT molecular complexity index is 511. The predicted molar refractivity (Wildman–Crippen MR) is 75.0 cm³/mol. The van der Waals surface area contributed by atoms with Crippen LogP contribution in [0.3, 0.4) is 0 Å². The molecule has 0 radical (unpaired) electrons. The number of anilines is 2. The summed E-state index contributed by atoms with van der Waals surface area (Å²) in [6.45, 7) is 4.26. The Balaban J connectivity index is 2.37. The molecule has 3 N–H and O–H groups in total. The molecule has 19 heavy (non-hydrogen) atoms. The van der Waals surface area contributed by atoms with Crippen LogP contribution in [0.25, 0.3) is 0 Å². The van der Waals surface area contributed by atoms with Crippen LogP contribution in [-0.2, 0) is 9.59 Å². The molecule has 0 fully saturated rings. The van der Waals surface area contributed by atoms with Gasteiger partial charge in [-0.05, 0) is 30.7 Å². The zero-order valence-electron chi connectivity index (χ0n) is 11.4. The molecule has 0 saturated carbocycles. The molecule has 1 aliphatic heterocycles. The number of hydrogen-bond donors (Lipinski definition) is 3. The van der Waals surface area contributed by atoms with E-state index in [1.165, 1.54) is 0 Å². The largest absolute Gasteiger partial charge is 0.324 e. The molecule has 1 unspecified atom stereocenters. The highest BCUT2D eigenvalue weighted by Gasteiger charge is 2.20. The van der Waals surface area contributed by atoms with Gasteiger partial charge < -0.3 is 16.0 Å². The molecule has 2 rings (SSSR count). The van der Waals surface area contributed by atoms with E-state index in [1.807, 2.05) is 25.2 Å². The van der Waals surface area contributed by atoms with Gasteiger partial charge >= 0.3 is 0 Å². The zero-order valence-corrected chi connectivity index (χ0v) is 11.4. The lowest BCUT2D eigenvalue weighted by atomic mass is 9.95. The Morgan fingerprint density at radius 1 is 1.11 bits per heavy atom. The van der Waals surface area contributed by atoms with Crippen LogP contribution >= 0.6 is 0 Å². The molecule has 1 heterocycles. The molecule has 102 valence electrons. The summed E-state index contributed by atoms with van der Waals surface area (Å²) in [6, 6.07) is 5.93. The number of benzene rings is 1. The van der Waals surface area contributed by atoms with Gasteiger partial charge in [0.05, 0.1) is 11.4 Å². The van der Waals surface area contributed by atoms with Crippen molar-refractivity contribution in [3.63, 3.8) is 0 Å². The zero-order chi connectivity index (χ0) is 14.0. The van der Waals surface area contributed by atoms with Crippen molar-refractivity contribution in [1.82, 2.24) is 5.32 Å². The van der Waals surface area contributed by atoms with Crippen molar-refractivity contribution in [2.24, 2.45) is 5.92 Å². The lowest BCUT2D eigenvalue weighted by molar-refractivity contribution is -0.123. The minimum absolute atomic E-state index is 0.135. The van der Waals surface area contributed by atoms with Gasteiger partial charge in [0.15, 0.2) is 0 Å². The van der Waals surface area contributed by atoms with Crippen LogP contribution in [0.2, 0.25) is 0 Å². The highest BCUT2D eigenvalue weighted by atomic mass is 16.2.